The van der Waals surface area contributed by atoms with Crippen LogP contribution < -0.4 is 0 Å². The molecule has 4 rings (SSSR count). The van der Waals surface area contributed by atoms with E-state index >= 15 is 0 Å². The maximum Gasteiger partial charge on any atom is 0.259 e. The van der Waals surface area contributed by atoms with E-state index in [2.05, 4.69) is 15.1 Å². The van der Waals surface area contributed by atoms with Gasteiger partial charge >= 0.3 is 0 Å². The summed E-state index contributed by atoms with van der Waals surface area (Å²) in [6, 6.07) is 18.9. The van der Waals surface area contributed by atoms with Crippen molar-refractivity contribution in [1.82, 2.24) is 15.1 Å². The summed E-state index contributed by atoms with van der Waals surface area (Å²) in [5.41, 5.74) is 4.32. The van der Waals surface area contributed by atoms with Crippen molar-refractivity contribution < 1.29 is 9.63 Å². The number of rotatable bonds is 5. The van der Waals surface area contributed by atoms with Crippen LogP contribution in [0.15, 0.2) is 71.4 Å². The van der Waals surface area contributed by atoms with Gasteiger partial charge in [-0.05, 0) is 35.4 Å². The molecule has 0 saturated heterocycles. The topological polar surface area (TPSA) is 72.0 Å². The molecule has 0 spiro atoms. The van der Waals surface area contributed by atoms with Gasteiger partial charge < -0.3 is 9.63 Å². The molecule has 1 N–H and O–H groups in total. The van der Waals surface area contributed by atoms with Crippen molar-refractivity contribution in [3.63, 3.8) is 0 Å². The quantitative estimate of drug-likeness (QED) is 0.553. The molecule has 0 unspecified atom stereocenters. The summed E-state index contributed by atoms with van der Waals surface area (Å²) in [6.07, 6.45) is 2.26. The Morgan fingerprint density at radius 2 is 1.78 bits per heavy atom. The van der Waals surface area contributed by atoms with Crippen LogP contribution in [0.5, 0.6) is 0 Å². The highest BCUT2D eigenvalue weighted by molar-refractivity contribution is 6.30. The fourth-order valence-corrected chi connectivity index (χ4v) is 2.94. The molecule has 0 aliphatic rings. The molecule has 0 amide bonds. The van der Waals surface area contributed by atoms with Crippen LogP contribution in [0, 0.1) is 0 Å². The number of nitrogens with zero attached hydrogens (tertiary/aromatic N) is 3. The molecule has 0 radical (unpaired) electrons. The van der Waals surface area contributed by atoms with Crippen LogP contribution in [0.4, 0.5) is 0 Å². The minimum Gasteiger partial charge on any atom is -0.392 e. The summed E-state index contributed by atoms with van der Waals surface area (Å²) in [4.78, 5) is 8.93. The molecule has 0 fully saturated rings. The zero-order chi connectivity index (χ0) is 18.6. The van der Waals surface area contributed by atoms with Crippen LogP contribution in [0.2, 0.25) is 5.02 Å². The Labute approximate surface area is 161 Å². The Hall–Kier alpha value is -3.02. The largest absolute Gasteiger partial charge is 0.392 e. The molecule has 4 aromatic rings. The molecule has 2 aromatic carbocycles. The van der Waals surface area contributed by atoms with Crippen molar-refractivity contribution in [1.29, 1.82) is 0 Å². The van der Waals surface area contributed by atoms with Gasteiger partial charge in [0.15, 0.2) is 5.82 Å². The predicted octanol–water partition coefficient (Wildman–Crippen LogP) is 4.54. The highest BCUT2D eigenvalue weighted by Gasteiger charge is 2.11. The minimum absolute atomic E-state index is 0.0304. The fraction of sp³-hybridized carbons (Fsp3) is 0.0952. The molecule has 5 nitrogen and oxygen atoms in total. The van der Waals surface area contributed by atoms with E-state index in [4.69, 9.17) is 16.1 Å². The number of pyridine rings is 1. The molecule has 134 valence electrons. The summed E-state index contributed by atoms with van der Waals surface area (Å²) >= 11 is 5.90. The van der Waals surface area contributed by atoms with E-state index in [1.807, 2.05) is 60.7 Å². The van der Waals surface area contributed by atoms with Crippen LogP contribution >= 0.6 is 11.6 Å². The SMILES string of the molecule is OCc1ccccc1-c1ccc(-c2nc(Cc3ccc(Cl)cc3)no2)cn1. The second-order valence-corrected chi connectivity index (χ2v) is 6.50. The maximum atomic E-state index is 9.48. The number of halogens is 1. The lowest BCUT2D eigenvalue weighted by Crippen LogP contribution is -1.92. The molecule has 0 bridgehead atoms. The average molecular weight is 378 g/mol. The third kappa shape index (κ3) is 3.89. The van der Waals surface area contributed by atoms with Crippen molar-refractivity contribution in [2.24, 2.45) is 0 Å². The highest BCUT2D eigenvalue weighted by atomic mass is 35.5. The molecular weight excluding hydrogens is 362 g/mol. The Kier molecular flexibility index (Phi) is 4.96. The summed E-state index contributed by atoms with van der Waals surface area (Å²) in [5, 5.41) is 14.2. The highest BCUT2D eigenvalue weighted by Crippen LogP contribution is 2.24. The van der Waals surface area contributed by atoms with Gasteiger partial charge in [-0.1, -0.05) is 53.2 Å². The summed E-state index contributed by atoms with van der Waals surface area (Å²) in [7, 11) is 0. The molecule has 0 aliphatic carbocycles. The monoisotopic (exact) mass is 377 g/mol. The standard InChI is InChI=1S/C21H16ClN3O2/c22-17-8-5-14(6-9-17)11-20-24-21(27-25-20)15-7-10-19(23-12-15)18-4-2-1-3-16(18)13-26/h1-10,12,26H,11,13H2. The number of benzene rings is 2. The van der Waals surface area contributed by atoms with Crippen molar-refractivity contribution in [3.8, 4) is 22.7 Å². The Morgan fingerprint density at radius 3 is 2.52 bits per heavy atom. The van der Waals surface area contributed by atoms with E-state index in [9.17, 15) is 5.11 Å². The minimum atomic E-state index is -0.0304. The number of aliphatic hydroxyl groups excluding tert-OH is 1. The van der Waals surface area contributed by atoms with Gasteiger partial charge in [0.2, 0.25) is 0 Å². The molecule has 0 aliphatic heterocycles. The number of hydrogen-bond donors (Lipinski definition) is 1. The van der Waals surface area contributed by atoms with Gasteiger partial charge in [-0.15, -0.1) is 0 Å². The molecule has 2 aromatic heterocycles. The lowest BCUT2D eigenvalue weighted by Gasteiger charge is -2.06. The zero-order valence-corrected chi connectivity index (χ0v) is 15.1. The van der Waals surface area contributed by atoms with Crippen LogP contribution in [0.25, 0.3) is 22.7 Å². The van der Waals surface area contributed by atoms with Gasteiger partial charge in [-0.3, -0.25) is 4.98 Å². The lowest BCUT2D eigenvalue weighted by atomic mass is 10.0. The third-order valence-electron chi connectivity index (χ3n) is 4.22. The van der Waals surface area contributed by atoms with E-state index in [0.717, 1.165) is 27.9 Å². The summed E-state index contributed by atoms with van der Waals surface area (Å²) in [6.45, 7) is -0.0304. The first-order chi connectivity index (χ1) is 13.2. The van der Waals surface area contributed by atoms with Crippen LogP contribution in [0.1, 0.15) is 17.0 Å². The molecule has 2 heterocycles. The summed E-state index contributed by atoms with van der Waals surface area (Å²) in [5.74, 6) is 1.02. The maximum absolute atomic E-state index is 9.48. The van der Waals surface area contributed by atoms with E-state index in [1.165, 1.54) is 0 Å². The second-order valence-electron chi connectivity index (χ2n) is 6.07. The van der Waals surface area contributed by atoms with Crippen molar-refractivity contribution in [2.75, 3.05) is 0 Å². The van der Waals surface area contributed by atoms with Gasteiger partial charge in [0.1, 0.15) is 0 Å². The number of aromatic nitrogens is 3. The molecule has 0 saturated carbocycles. The molecule has 0 atom stereocenters. The first-order valence-corrected chi connectivity index (χ1v) is 8.83. The zero-order valence-electron chi connectivity index (χ0n) is 14.3. The normalized spacial score (nSPS) is 10.9. The average Bonchev–Trinajstić information content (AvgIpc) is 3.18. The van der Waals surface area contributed by atoms with Gasteiger partial charge in [-0.2, -0.15) is 4.98 Å². The summed E-state index contributed by atoms with van der Waals surface area (Å²) < 4.78 is 5.37. The Balaban J connectivity index is 1.54. The van der Waals surface area contributed by atoms with Gasteiger partial charge in [-0.25, -0.2) is 0 Å². The number of hydrogen-bond acceptors (Lipinski definition) is 5. The van der Waals surface area contributed by atoms with E-state index < -0.39 is 0 Å². The van der Waals surface area contributed by atoms with Gasteiger partial charge in [0.25, 0.3) is 5.89 Å². The van der Waals surface area contributed by atoms with Gasteiger partial charge in [0.05, 0.1) is 17.9 Å². The van der Waals surface area contributed by atoms with Crippen molar-refractivity contribution >= 4 is 11.6 Å². The van der Waals surface area contributed by atoms with Gasteiger partial charge in [0, 0.05) is 23.2 Å². The first kappa shape index (κ1) is 17.4. The number of aliphatic hydroxyl groups is 1. The van der Waals surface area contributed by atoms with Crippen LogP contribution in [-0.4, -0.2) is 20.2 Å². The molecule has 6 heteroatoms. The van der Waals surface area contributed by atoms with Crippen molar-refractivity contribution in [2.45, 2.75) is 13.0 Å². The van der Waals surface area contributed by atoms with E-state index in [0.29, 0.717) is 23.2 Å². The Bertz CT molecular complexity index is 1040. The predicted molar refractivity (Wildman–Crippen MR) is 103 cm³/mol. The third-order valence-corrected chi connectivity index (χ3v) is 4.47. The molecular formula is C21H16ClN3O2. The van der Waals surface area contributed by atoms with E-state index in [1.54, 1.807) is 6.20 Å². The lowest BCUT2D eigenvalue weighted by molar-refractivity contribution is 0.282. The first-order valence-electron chi connectivity index (χ1n) is 8.45. The fourth-order valence-electron chi connectivity index (χ4n) is 2.82. The second kappa shape index (κ2) is 7.70. The molecule has 27 heavy (non-hydrogen) atoms. The smallest absolute Gasteiger partial charge is 0.259 e. The Morgan fingerprint density at radius 1 is 0.963 bits per heavy atom. The van der Waals surface area contributed by atoms with E-state index in [-0.39, 0.29) is 6.61 Å². The van der Waals surface area contributed by atoms with Crippen molar-refractivity contribution in [3.05, 3.63) is 88.8 Å². The van der Waals surface area contributed by atoms with Crippen LogP contribution in [0.3, 0.4) is 0 Å². The van der Waals surface area contributed by atoms with Crippen LogP contribution in [-0.2, 0) is 13.0 Å².